The van der Waals surface area contributed by atoms with Gasteiger partial charge in [-0.15, -0.1) is 6.58 Å². The van der Waals surface area contributed by atoms with Gasteiger partial charge in [0.2, 0.25) is 0 Å². The maximum absolute atomic E-state index is 9.49. The highest BCUT2D eigenvalue weighted by molar-refractivity contribution is 4.83. The molecule has 0 bridgehead atoms. The number of nitrogens with zero attached hydrogens (tertiary/aromatic N) is 1. The van der Waals surface area contributed by atoms with Crippen molar-refractivity contribution in [3.05, 3.63) is 17.6 Å². The fraction of sp³-hybridized carbons (Fsp3) is 0.500. The van der Waals surface area contributed by atoms with Gasteiger partial charge in [-0.3, -0.25) is 0 Å². The predicted octanol–water partition coefficient (Wildman–Crippen LogP) is 0.300. The molecule has 7 heavy (non-hydrogen) atoms. The quantitative estimate of drug-likeness (QED) is 0.410. The average molecular weight is 101 g/mol. The van der Waals surface area contributed by atoms with Gasteiger partial charge >= 0.3 is 0 Å². The zero-order valence-electron chi connectivity index (χ0n) is 3.87. The van der Waals surface area contributed by atoms with Crippen molar-refractivity contribution < 1.29 is 5.11 Å². The van der Waals surface area contributed by atoms with Crippen LogP contribution in [0.5, 0.6) is 0 Å². The Balaban J connectivity index is 3.36. The lowest BCUT2D eigenvalue weighted by Crippen LogP contribution is -2.03. The van der Waals surface area contributed by atoms with E-state index in [4.69, 9.17) is 5.11 Å². The zero-order chi connectivity index (χ0) is 5.70. The molecule has 0 aromatic heterocycles. The van der Waals surface area contributed by atoms with Crippen molar-refractivity contribution in [1.82, 2.24) is 0 Å². The summed E-state index contributed by atoms with van der Waals surface area (Å²) in [5, 5.41) is 10.7. The number of rotatable bonds is 3. The van der Waals surface area contributed by atoms with Crippen molar-refractivity contribution in [1.29, 1.82) is 0 Å². The highest BCUT2D eigenvalue weighted by Crippen LogP contribution is 1.86. The Morgan fingerprint density at radius 1 is 2.00 bits per heavy atom. The molecule has 0 rings (SSSR count). The highest BCUT2D eigenvalue weighted by Gasteiger charge is 1.95. The van der Waals surface area contributed by atoms with Crippen LogP contribution in [-0.4, -0.2) is 17.8 Å². The molecule has 0 saturated heterocycles. The van der Waals surface area contributed by atoms with Gasteiger partial charge in [0.15, 0.2) is 0 Å². The molecule has 40 valence electrons. The van der Waals surface area contributed by atoms with Crippen molar-refractivity contribution in [2.75, 3.05) is 6.61 Å². The van der Waals surface area contributed by atoms with E-state index in [0.717, 1.165) is 0 Å². The van der Waals surface area contributed by atoms with E-state index in [-0.39, 0.29) is 6.61 Å². The van der Waals surface area contributed by atoms with Gasteiger partial charge in [0.25, 0.3) is 0 Å². The topological polar surface area (TPSA) is 49.7 Å². The molecule has 0 amide bonds. The Hall–Kier alpha value is -0.700. The molecule has 0 heterocycles. The van der Waals surface area contributed by atoms with Crippen LogP contribution in [0, 0.1) is 4.91 Å². The molecular formula is C4H7NO2. The van der Waals surface area contributed by atoms with Crippen molar-refractivity contribution in [2.45, 2.75) is 6.04 Å². The van der Waals surface area contributed by atoms with Crippen molar-refractivity contribution in [2.24, 2.45) is 5.18 Å². The van der Waals surface area contributed by atoms with Gasteiger partial charge in [-0.2, -0.15) is 4.91 Å². The molecule has 3 nitrogen and oxygen atoms in total. The monoisotopic (exact) mass is 101 g/mol. The minimum Gasteiger partial charge on any atom is -0.394 e. The van der Waals surface area contributed by atoms with Crippen LogP contribution in [0.25, 0.3) is 0 Å². The summed E-state index contributed by atoms with van der Waals surface area (Å²) in [6.07, 6.45) is 1.30. The minimum absolute atomic E-state index is 0.243. The van der Waals surface area contributed by atoms with E-state index in [0.29, 0.717) is 0 Å². The van der Waals surface area contributed by atoms with Crippen LogP contribution < -0.4 is 0 Å². The van der Waals surface area contributed by atoms with Crippen LogP contribution in [-0.2, 0) is 0 Å². The summed E-state index contributed by atoms with van der Waals surface area (Å²) in [5.74, 6) is 0. The van der Waals surface area contributed by atoms with Crippen LogP contribution in [0.4, 0.5) is 0 Å². The lowest BCUT2D eigenvalue weighted by Gasteiger charge is -1.90. The molecule has 1 atom stereocenters. The molecule has 0 fully saturated rings. The maximum Gasteiger partial charge on any atom is 0.133 e. The fourth-order valence-corrected chi connectivity index (χ4v) is 0.151. The molecule has 0 aliphatic carbocycles. The van der Waals surface area contributed by atoms with Gasteiger partial charge in [0, 0.05) is 0 Å². The molecule has 0 spiro atoms. The first-order valence-corrected chi connectivity index (χ1v) is 1.91. The summed E-state index contributed by atoms with van der Waals surface area (Å²) in [6, 6.07) is -0.625. The summed E-state index contributed by atoms with van der Waals surface area (Å²) in [4.78, 5) is 9.49. The van der Waals surface area contributed by atoms with E-state index in [1.807, 2.05) is 0 Å². The normalized spacial score (nSPS) is 12.7. The Kier molecular flexibility index (Phi) is 3.14. The molecule has 1 N–H and O–H groups in total. The van der Waals surface area contributed by atoms with Crippen LogP contribution in [0.1, 0.15) is 0 Å². The third-order valence-electron chi connectivity index (χ3n) is 0.595. The standard InChI is InChI=1S/C4H7NO2/c1-2-4(3-6)5-7/h2,4,6H,1,3H2. The third kappa shape index (κ3) is 2.05. The van der Waals surface area contributed by atoms with E-state index < -0.39 is 6.04 Å². The van der Waals surface area contributed by atoms with Crippen molar-refractivity contribution in [3.63, 3.8) is 0 Å². The largest absolute Gasteiger partial charge is 0.394 e. The lowest BCUT2D eigenvalue weighted by molar-refractivity contribution is 0.284. The SMILES string of the molecule is C=CC(CO)N=O. The molecular weight excluding hydrogens is 94.0 g/mol. The molecule has 0 radical (unpaired) electrons. The van der Waals surface area contributed by atoms with Crippen LogP contribution in [0.15, 0.2) is 17.8 Å². The van der Waals surface area contributed by atoms with Crippen molar-refractivity contribution in [3.8, 4) is 0 Å². The molecule has 0 aromatic rings. The first kappa shape index (κ1) is 6.30. The molecule has 3 heteroatoms. The molecule has 0 aliphatic rings. The molecule has 0 saturated carbocycles. The van der Waals surface area contributed by atoms with E-state index >= 15 is 0 Å². The van der Waals surface area contributed by atoms with Gasteiger partial charge in [0.05, 0.1) is 6.61 Å². The second kappa shape index (κ2) is 3.49. The fourth-order valence-electron chi connectivity index (χ4n) is 0.151. The Morgan fingerprint density at radius 3 is 2.57 bits per heavy atom. The van der Waals surface area contributed by atoms with E-state index in [1.54, 1.807) is 0 Å². The minimum atomic E-state index is -0.625. The molecule has 1 unspecified atom stereocenters. The predicted molar refractivity (Wildman–Crippen MR) is 26.9 cm³/mol. The summed E-state index contributed by atoms with van der Waals surface area (Å²) < 4.78 is 0. The van der Waals surface area contributed by atoms with E-state index in [2.05, 4.69) is 11.8 Å². The van der Waals surface area contributed by atoms with E-state index in [9.17, 15) is 4.91 Å². The number of nitroso groups, excluding NO2 is 1. The smallest absolute Gasteiger partial charge is 0.133 e. The molecule has 0 aliphatic heterocycles. The maximum atomic E-state index is 9.49. The van der Waals surface area contributed by atoms with Crippen LogP contribution in [0.3, 0.4) is 0 Å². The zero-order valence-corrected chi connectivity index (χ0v) is 3.87. The van der Waals surface area contributed by atoms with E-state index in [1.165, 1.54) is 6.08 Å². The third-order valence-corrected chi connectivity index (χ3v) is 0.595. The van der Waals surface area contributed by atoms with Gasteiger partial charge in [-0.1, -0.05) is 11.3 Å². The van der Waals surface area contributed by atoms with Gasteiger partial charge in [-0.25, -0.2) is 0 Å². The van der Waals surface area contributed by atoms with Crippen molar-refractivity contribution >= 4 is 0 Å². The Morgan fingerprint density at radius 2 is 2.57 bits per heavy atom. The summed E-state index contributed by atoms with van der Waals surface area (Å²) >= 11 is 0. The number of aliphatic hydroxyl groups is 1. The number of aliphatic hydroxyl groups excluding tert-OH is 1. The van der Waals surface area contributed by atoms with Crippen LogP contribution in [0.2, 0.25) is 0 Å². The Bertz CT molecular complexity index is 64.1. The highest BCUT2D eigenvalue weighted by atomic mass is 16.3. The second-order valence-electron chi connectivity index (χ2n) is 1.09. The molecule has 0 aromatic carbocycles. The average Bonchev–Trinajstić information content (AvgIpc) is 1.72. The van der Waals surface area contributed by atoms with Crippen LogP contribution >= 0.6 is 0 Å². The summed E-state index contributed by atoms with van der Waals surface area (Å²) in [7, 11) is 0. The summed E-state index contributed by atoms with van der Waals surface area (Å²) in [5.41, 5.74) is 0. The number of hydrogen-bond acceptors (Lipinski definition) is 3. The van der Waals surface area contributed by atoms with Gasteiger partial charge in [0.1, 0.15) is 6.04 Å². The van der Waals surface area contributed by atoms with Gasteiger partial charge < -0.3 is 5.11 Å². The lowest BCUT2D eigenvalue weighted by atomic mass is 10.3. The Labute approximate surface area is 41.6 Å². The summed E-state index contributed by atoms with van der Waals surface area (Å²) in [6.45, 7) is 3.01. The van der Waals surface area contributed by atoms with Gasteiger partial charge in [-0.05, 0) is 0 Å². The first-order valence-electron chi connectivity index (χ1n) is 1.91. The second-order valence-corrected chi connectivity index (χ2v) is 1.09. The first-order chi connectivity index (χ1) is 3.35. The number of hydrogen-bond donors (Lipinski definition) is 1.